The Morgan fingerprint density at radius 3 is 2.42 bits per heavy atom. The summed E-state index contributed by atoms with van der Waals surface area (Å²) in [5.74, 6) is -0.792. The number of nitrogens with zero attached hydrogens (tertiary/aromatic N) is 2. The minimum absolute atomic E-state index is 0.0228. The van der Waals surface area contributed by atoms with E-state index in [9.17, 15) is 28.2 Å². The molecule has 0 fully saturated rings. The van der Waals surface area contributed by atoms with Gasteiger partial charge < -0.3 is 19.8 Å². The molecule has 0 saturated carbocycles. The Hall–Kier alpha value is -3.93. The number of carbonyl (C=O) groups excluding carboxylic acids is 1. The van der Waals surface area contributed by atoms with Gasteiger partial charge in [0.25, 0.3) is 10.0 Å². The molecule has 11 heteroatoms. The number of amides is 1. The third-order valence-corrected chi connectivity index (χ3v) is 9.04. The van der Waals surface area contributed by atoms with E-state index in [0.717, 1.165) is 11.1 Å². The zero-order valence-electron chi connectivity index (χ0n) is 24.9. The van der Waals surface area contributed by atoms with Crippen LogP contribution in [0.5, 0.6) is 5.75 Å². The van der Waals surface area contributed by atoms with Gasteiger partial charge in [0.15, 0.2) is 0 Å². The average molecular weight is 610 g/mol. The lowest BCUT2D eigenvalue weighted by molar-refractivity contribution is -0.134. The van der Waals surface area contributed by atoms with Crippen LogP contribution in [-0.4, -0.2) is 79.2 Å². The van der Waals surface area contributed by atoms with E-state index < -0.39 is 22.0 Å². The van der Waals surface area contributed by atoms with Gasteiger partial charge in [-0.05, 0) is 68.9 Å². The number of carbonyl (C=O) groups is 2. The second kappa shape index (κ2) is 13.6. The van der Waals surface area contributed by atoms with E-state index in [0.29, 0.717) is 36.6 Å². The van der Waals surface area contributed by atoms with Gasteiger partial charge in [0.05, 0.1) is 29.5 Å². The predicted molar refractivity (Wildman–Crippen MR) is 164 cm³/mol. The molecule has 0 unspecified atom stereocenters. The number of aryl methyl sites for hydroxylation is 1. The number of hydrogen-bond donors (Lipinski definition) is 3. The molecule has 3 N–H and O–H groups in total. The first-order valence-electron chi connectivity index (χ1n) is 14.2. The fourth-order valence-corrected chi connectivity index (χ4v) is 6.13. The largest absolute Gasteiger partial charge is 0.488 e. The molecule has 43 heavy (non-hydrogen) atoms. The lowest BCUT2D eigenvalue weighted by atomic mass is 10.0. The Labute approximate surface area is 253 Å². The summed E-state index contributed by atoms with van der Waals surface area (Å²) in [6, 6.07) is 17.8. The average Bonchev–Trinajstić information content (AvgIpc) is 3.00. The molecule has 10 nitrogen and oxygen atoms in total. The molecule has 0 saturated heterocycles. The van der Waals surface area contributed by atoms with Crippen molar-refractivity contribution in [3.63, 3.8) is 0 Å². The summed E-state index contributed by atoms with van der Waals surface area (Å²) in [4.78, 5) is 28.6. The Bertz CT molecular complexity index is 1540. The zero-order valence-corrected chi connectivity index (χ0v) is 25.7. The van der Waals surface area contributed by atoms with Gasteiger partial charge in [-0.1, -0.05) is 36.8 Å². The number of rotatable bonds is 10. The molecule has 1 aliphatic rings. The predicted octanol–water partition coefficient (Wildman–Crippen LogP) is 3.78. The number of likely N-dealkylation sites (N-methyl/N-ethyl adjacent to an activating group) is 1. The number of hydrogen-bond acceptors (Lipinski definition) is 7. The number of carboxylic acids is 1. The molecule has 0 aliphatic carbocycles. The molecule has 1 amide bonds. The summed E-state index contributed by atoms with van der Waals surface area (Å²) in [5.41, 5.74) is 2.96. The van der Waals surface area contributed by atoms with Crippen molar-refractivity contribution in [1.29, 1.82) is 0 Å². The van der Waals surface area contributed by atoms with Crippen LogP contribution in [0.1, 0.15) is 40.9 Å². The molecule has 3 aromatic carbocycles. The summed E-state index contributed by atoms with van der Waals surface area (Å²) in [5, 5.41) is 19.1. The van der Waals surface area contributed by atoms with Crippen LogP contribution in [0.4, 0.5) is 5.69 Å². The summed E-state index contributed by atoms with van der Waals surface area (Å²) >= 11 is 0. The van der Waals surface area contributed by atoms with E-state index in [-0.39, 0.29) is 41.4 Å². The van der Waals surface area contributed by atoms with Crippen molar-refractivity contribution in [3.8, 4) is 5.75 Å². The van der Waals surface area contributed by atoms with Gasteiger partial charge in [0.1, 0.15) is 11.9 Å². The minimum Gasteiger partial charge on any atom is -0.488 e. The molecule has 3 atom stereocenters. The van der Waals surface area contributed by atoms with Crippen LogP contribution in [0.25, 0.3) is 0 Å². The first-order valence-corrected chi connectivity index (χ1v) is 15.6. The minimum atomic E-state index is -3.85. The number of fused-ring (bicyclic) bond motifs is 1. The standard InChI is InChI=1S/C32H39N3O7S/c1-21-5-12-28(13-6-21)43(40,41)33-27-11-14-29-26(15-27)16-31(37)35(23(3)20-36)17-22(2)30(42-29)19-34(4)18-24-7-9-25(10-8-24)32(38)39/h5-15,22-23,30,33,36H,16-20H2,1-4H3,(H,38,39)/t22-,23+,30-/m0/s1. The quantitative estimate of drug-likeness (QED) is 0.316. The van der Waals surface area contributed by atoms with E-state index in [2.05, 4.69) is 9.62 Å². The molecule has 1 aliphatic heterocycles. The Morgan fingerprint density at radius 2 is 1.79 bits per heavy atom. The number of sulfonamides is 1. The van der Waals surface area contributed by atoms with E-state index >= 15 is 0 Å². The maximum Gasteiger partial charge on any atom is 0.335 e. The van der Waals surface area contributed by atoms with Crippen molar-refractivity contribution in [2.24, 2.45) is 5.92 Å². The van der Waals surface area contributed by atoms with Crippen molar-refractivity contribution >= 4 is 27.6 Å². The van der Waals surface area contributed by atoms with Crippen molar-refractivity contribution in [2.75, 3.05) is 31.5 Å². The zero-order chi connectivity index (χ0) is 31.3. The lowest BCUT2D eigenvalue weighted by Crippen LogP contribution is -2.47. The van der Waals surface area contributed by atoms with Gasteiger partial charge in [-0.25, -0.2) is 13.2 Å². The third-order valence-electron chi connectivity index (χ3n) is 7.64. The molecule has 0 spiro atoms. The Balaban J connectivity index is 1.60. The van der Waals surface area contributed by atoms with Gasteiger partial charge in [-0.3, -0.25) is 14.4 Å². The van der Waals surface area contributed by atoms with Crippen LogP contribution >= 0.6 is 0 Å². The molecule has 0 aromatic heterocycles. The van der Waals surface area contributed by atoms with Gasteiger partial charge >= 0.3 is 5.97 Å². The fraction of sp³-hybridized carbons (Fsp3) is 0.375. The van der Waals surface area contributed by atoms with Crippen LogP contribution in [0.15, 0.2) is 71.6 Å². The first kappa shape index (κ1) is 32.0. The number of ether oxygens (including phenoxy) is 1. The number of aromatic carboxylic acids is 1. The van der Waals surface area contributed by atoms with Gasteiger partial charge in [-0.2, -0.15) is 0 Å². The second-order valence-electron chi connectivity index (χ2n) is 11.3. The van der Waals surface area contributed by atoms with Gasteiger partial charge in [-0.15, -0.1) is 0 Å². The number of benzene rings is 3. The summed E-state index contributed by atoms with van der Waals surface area (Å²) in [6.07, 6.45) is -0.373. The number of aliphatic hydroxyl groups is 1. The van der Waals surface area contributed by atoms with E-state index in [4.69, 9.17) is 4.74 Å². The highest BCUT2D eigenvalue weighted by Crippen LogP contribution is 2.30. The van der Waals surface area contributed by atoms with E-state index in [1.54, 1.807) is 78.6 Å². The summed E-state index contributed by atoms with van der Waals surface area (Å²) in [7, 11) is -1.91. The fourth-order valence-electron chi connectivity index (χ4n) is 5.08. The molecule has 230 valence electrons. The molecule has 0 bridgehead atoms. The number of nitrogens with one attached hydrogen (secondary N) is 1. The topological polar surface area (TPSA) is 136 Å². The van der Waals surface area contributed by atoms with Gasteiger partial charge in [0, 0.05) is 36.8 Å². The molecular formula is C32H39N3O7S. The van der Waals surface area contributed by atoms with Crippen LogP contribution in [-0.2, 0) is 27.8 Å². The highest BCUT2D eigenvalue weighted by molar-refractivity contribution is 7.92. The first-order chi connectivity index (χ1) is 20.4. The monoisotopic (exact) mass is 609 g/mol. The maximum atomic E-state index is 13.5. The van der Waals surface area contributed by atoms with E-state index in [1.165, 1.54) is 0 Å². The smallest absolute Gasteiger partial charge is 0.335 e. The number of carboxylic acid groups (broad SMARTS) is 1. The SMILES string of the molecule is Cc1ccc(S(=O)(=O)Nc2ccc3c(c2)CC(=O)N([C@H](C)CO)C[C@H](C)[C@H](CN(C)Cc2ccc(C(=O)O)cc2)O3)cc1. The third kappa shape index (κ3) is 8.13. The van der Waals surface area contributed by atoms with Crippen LogP contribution < -0.4 is 9.46 Å². The number of aliphatic hydroxyl groups excluding tert-OH is 1. The van der Waals surface area contributed by atoms with Crippen LogP contribution in [0.3, 0.4) is 0 Å². The normalized spacial score (nSPS) is 18.2. The molecule has 0 radical (unpaired) electrons. The highest BCUT2D eigenvalue weighted by Gasteiger charge is 2.31. The van der Waals surface area contributed by atoms with E-state index in [1.807, 2.05) is 20.9 Å². The Kier molecular flexibility index (Phi) is 10.1. The number of anilines is 1. The van der Waals surface area contributed by atoms with Crippen molar-refractivity contribution in [3.05, 3.63) is 89.0 Å². The summed E-state index contributed by atoms with van der Waals surface area (Å²) in [6.45, 7) is 6.89. The summed E-state index contributed by atoms with van der Waals surface area (Å²) < 4.78 is 35.2. The van der Waals surface area contributed by atoms with Gasteiger partial charge in [0.2, 0.25) is 5.91 Å². The van der Waals surface area contributed by atoms with Crippen LogP contribution in [0.2, 0.25) is 0 Å². The van der Waals surface area contributed by atoms with Crippen molar-refractivity contribution in [1.82, 2.24) is 9.80 Å². The molecule has 1 heterocycles. The Morgan fingerprint density at radius 1 is 1.12 bits per heavy atom. The second-order valence-corrected chi connectivity index (χ2v) is 13.0. The molecular weight excluding hydrogens is 570 g/mol. The van der Waals surface area contributed by atoms with Crippen molar-refractivity contribution < 1.29 is 33.0 Å². The molecule has 4 rings (SSSR count). The van der Waals surface area contributed by atoms with Crippen LogP contribution in [0, 0.1) is 12.8 Å². The highest BCUT2D eigenvalue weighted by atomic mass is 32.2. The molecule has 3 aromatic rings. The maximum absolute atomic E-state index is 13.5. The lowest BCUT2D eigenvalue weighted by Gasteiger charge is -2.34. The van der Waals surface area contributed by atoms with Crippen molar-refractivity contribution in [2.45, 2.75) is 50.8 Å².